The molecule has 4 heteroatoms. The van der Waals surface area contributed by atoms with E-state index in [1.807, 2.05) is 26.0 Å². The predicted molar refractivity (Wildman–Crippen MR) is 70.4 cm³/mol. The van der Waals surface area contributed by atoms with Crippen molar-refractivity contribution < 1.29 is 14.6 Å². The monoisotopic (exact) mass is 251 g/mol. The first-order valence-electron chi connectivity index (χ1n) is 6.08. The van der Waals surface area contributed by atoms with Crippen molar-refractivity contribution in [3.8, 4) is 0 Å². The molecule has 0 radical (unpaired) electrons. The van der Waals surface area contributed by atoms with E-state index in [1.165, 1.54) is 7.11 Å². The van der Waals surface area contributed by atoms with E-state index in [-0.39, 0.29) is 18.1 Å². The number of benzene rings is 1. The summed E-state index contributed by atoms with van der Waals surface area (Å²) in [5.41, 5.74) is 1.35. The van der Waals surface area contributed by atoms with Crippen molar-refractivity contribution in [2.24, 2.45) is 0 Å². The van der Waals surface area contributed by atoms with Crippen LogP contribution in [0.3, 0.4) is 0 Å². The fourth-order valence-electron chi connectivity index (χ4n) is 1.48. The Hall–Kier alpha value is -1.39. The van der Waals surface area contributed by atoms with Gasteiger partial charge in [0.1, 0.15) is 0 Å². The van der Waals surface area contributed by atoms with Gasteiger partial charge in [-0.3, -0.25) is 0 Å². The zero-order chi connectivity index (χ0) is 13.6. The van der Waals surface area contributed by atoms with Crippen LogP contribution in [0.2, 0.25) is 0 Å². The van der Waals surface area contributed by atoms with Gasteiger partial charge in [-0.1, -0.05) is 19.1 Å². The van der Waals surface area contributed by atoms with Crippen molar-refractivity contribution in [2.75, 3.05) is 13.7 Å². The van der Waals surface area contributed by atoms with Crippen LogP contribution in [0, 0.1) is 0 Å². The number of methoxy groups -OCH3 is 1. The van der Waals surface area contributed by atoms with E-state index in [4.69, 9.17) is 0 Å². The molecule has 0 spiro atoms. The average molecular weight is 251 g/mol. The lowest BCUT2D eigenvalue weighted by molar-refractivity contribution is 0.0600. The molecule has 0 fully saturated rings. The highest BCUT2D eigenvalue weighted by Gasteiger charge is 2.19. The molecule has 0 amide bonds. The molecule has 0 heterocycles. The van der Waals surface area contributed by atoms with Crippen molar-refractivity contribution in [1.29, 1.82) is 0 Å². The molecule has 1 aromatic carbocycles. The van der Waals surface area contributed by atoms with Gasteiger partial charge in [-0.15, -0.1) is 0 Å². The predicted octanol–water partition coefficient (Wildman–Crippen LogP) is 1.72. The number of rotatable bonds is 6. The SMILES string of the molecule is CCC(C)(CO)NCc1ccc(C(=O)OC)cc1. The van der Waals surface area contributed by atoms with Gasteiger partial charge in [0.2, 0.25) is 0 Å². The molecule has 0 bridgehead atoms. The Bertz CT molecular complexity index is 383. The van der Waals surface area contributed by atoms with Crippen LogP contribution in [0.1, 0.15) is 36.2 Å². The van der Waals surface area contributed by atoms with Crippen LogP contribution in [0.4, 0.5) is 0 Å². The van der Waals surface area contributed by atoms with E-state index in [1.54, 1.807) is 12.1 Å². The summed E-state index contributed by atoms with van der Waals surface area (Å²) in [4.78, 5) is 11.3. The molecule has 0 aliphatic carbocycles. The Morgan fingerprint density at radius 2 is 2.00 bits per heavy atom. The largest absolute Gasteiger partial charge is 0.465 e. The second-order valence-electron chi connectivity index (χ2n) is 4.61. The molecule has 0 saturated carbocycles. The van der Waals surface area contributed by atoms with Crippen LogP contribution in [-0.2, 0) is 11.3 Å². The molecule has 18 heavy (non-hydrogen) atoms. The number of carbonyl (C=O) groups is 1. The summed E-state index contributed by atoms with van der Waals surface area (Å²) in [6, 6.07) is 7.25. The lowest BCUT2D eigenvalue weighted by atomic mass is 10.00. The molecule has 1 unspecified atom stereocenters. The molecule has 0 aromatic heterocycles. The lowest BCUT2D eigenvalue weighted by Crippen LogP contribution is -2.44. The summed E-state index contributed by atoms with van der Waals surface area (Å²) in [6.45, 7) is 4.77. The van der Waals surface area contributed by atoms with E-state index in [9.17, 15) is 9.90 Å². The number of carbonyl (C=O) groups excluding carboxylic acids is 1. The quantitative estimate of drug-likeness (QED) is 0.756. The molecule has 1 rings (SSSR count). The first-order valence-corrected chi connectivity index (χ1v) is 6.08. The number of hydrogen-bond donors (Lipinski definition) is 2. The van der Waals surface area contributed by atoms with Gasteiger partial charge in [0.15, 0.2) is 0 Å². The van der Waals surface area contributed by atoms with E-state index >= 15 is 0 Å². The molecule has 4 nitrogen and oxygen atoms in total. The van der Waals surface area contributed by atoms with Gasteiger partial charge in [-0.25, -0.2) is 4.79 Å². The molecule has 0 saturated heterocycles. The molecular weight excluding hydrogens is 230 g/mol. The Morgan fingerprint density at radius 1 is 1.39 bits per heavy atom. The maximum Gasteiger partial charge on any atom is 0.337 e. The third-order valence-electron chi connectivity index (χ3n) is 3.22. The lowest BCUT2D eigenvalue weighted by Gasteiger charge is -2.27. The Kier molecular flexibility index (Phi) is 5.31. The van der Waals surface area contributed by atoms with Crippen LogP contribution >= 0.6 is 0 Å². The standard InChI is InChI=1S/C14H21NO3/c1-4-14(2,10-16)15-9-11-5-7-12(8-6-11)13(17)18-3/h5-8,15-16H,4,9-10H2,1-3H3. The first kappa shape index (κ1) is 14.7. The van der Waals surface area contributed by atoms with Crippen LogP contribution in [-0.4, -0.2) is 30.3 Å². The summed E-state index contributed by atoms with van der Waals surface area (Å²) in [5.74, 6) is -0.330. The average Bonchev–Trinajstić information content (AvgIpc) is 2.44. The molecule has 1 atom stereocenters. The second-order valence-corrected chi connectivity index (χ2v) is 4.61. The van der Waals surface area contributed by atoms with Gasteiger partial charge in [-0.05, 0) is 31.0 Å². The topological polar surface area (TPSA) is 58.6 Å². The number of aliphatic hydroxyl groups is 1. The maximum atomic E-state index is 11.3. The molecule has 0 aliphatic heterocycles. The van der Waals surface area contributed by atoms with Gasteiger partial charge < -0.3 is 15.2 Å². The van der Waals surface area contributed by atoms with Gasteiger partial charge in [0.25, 0.3) is 0 Å². The van der Waals surface area contributed by atoms with Gasteiger partial charge in [0, 0.05) is 12.1 Å². The van der Waals surface area contributed by atoms with Crippen LogP contribution in [0.5, 0.6) is 0 Å². The van der Waals surface area contributed by atoms with Gasteiger partial charge in [-0.2, -0.15) is 0 Å². The zero-order valence-electron chi connectivity index (χ0n) is 11.2. The minimum absolute atomic E-state index is 0.101. The van der Waals surface area contributed by atoms with Crippen LogP contribution in [0.15, 0.2) is 24.3 Å². The van der Waals surface area contributed by atoms with Gasteiger partial charge in [0.05, 0.1) is 19.3 Å². The first-order chi connectivity index (χ1) is 8.54. The summed E-state index contributed by atoms with van der Waals surface area (Å²) in [7, 11) is 1.37. The van der Waals surface area contributed by atoms with Crippen LogP contribution < -0.4 is 5.32 Å². The highest BCUT2D eigenvalue weighted by Crippen LogP contribution is 2.11. The number of nitrogens with one attached hydrogen (secondary N) is 1. The third-order valence-corrected chi connectivity index (χ3v) is 3.22. The van der Waals surface area contributed by atoms with E-state index < -0.39 is 0 Å². The third kappa shape index (κ3) is 3.82. The number of aliphatic hydroxyl groups excluding tert-OH is 1. The smallest absolute Gasteiger partial charge is 0.337 e. The minimum atomic E-state index is -0.330. The summed E-state index contributed by atoms with van der Waals surface area (Å²) in [5, 5.41) is 12.6. The molecule has 100 valence electrons. The van der Waals surface area contributed by atoms with Crippen molar-refractivity contribution in [2.45, 2.75) is 32.4 Å². The van der Waals surface area contributed by atoms with E-state index in [2.05, 4.69) is 10.1 Å². The maximum absolute atomic E-state index is 11.3. The van der Waals surface area contributed by atoms with Crippen molar-refractivity contribution >= 4 is 5.97 Å². The normalized spacial score (nSPS) is 14.0. The van der Waals surface area contributed by atoms with E-state index in [0.29, 0.717) is 12.1 Å². The highest BCUT2D eigenvalue weighted by atomic mass is 16.5. The van der Waals surface area contributed by atoms with Crippen LogP contribution in [0.25, 0.3) is 0 Å². The fraction of sp³-hybridized carbons (Fsp3) is 0.500. The van der Waals surface area contributed by atoms with Gasteiger partial charge >= 0.3 is 5.97 Å². The van der Waals surface area contributed by atoms with E-state index in [0.717, 1.165) is 12.0 Å². The highest BCUT2D eigenvalue weighted by molar-refractivity contribution is 5.89. The molecule has 2 N–H and O–H groups in total. The Morgan fingerprint density at radius 3 is 2.44 bits per heavy atom. The molecule has 0 aliphatic rings. The number of esters is 1. The van der Waals surface area contributed by atoms with Crippen molar-refractivity contribution in [1.82, 2.24) is 5.32 Å². The van der Waals surface area contributed by atoms with Crippen molar-refractivity contribution in [3.05, 3.63) is 35.4 Å². The van der Waals surface area contributed by atoms with Crippen molar-refractivity contribution in [3.63, 3.8) is 0 Å². The minimum Gasteiger partial charge on any atom is -0.465 e. The second kappa shape index (κ2) is 6.52. The summed E-state index contributed by atoms with van der Waals surface area (Å²) in [6.07, 6.45) is 0.851. The fourth-order valence-corrected chi connectivity index (χ4v) is 1.48. The molecule has 1 aromatic rings. The number of hydrogen-bond acceptors (Lipinski definition) is 4. The summed E-state index contributed by atoms with van der Waals surface area (Å²) < 4.78 is 4.64. The summed E-state index contributed by atoms with van der Waals surface area (Å²) >= 11 is 0. The Labute approximate surface area is 108 Å². The molecular formula is C14H21NO3. The zero-order valence-corrected chi connectivity index (χ0v) is 11.2. The number of ether oxygens (including phenoxy) is 1. The Balaban J connectivity index is 2.62.